The van der Waals surface area contributed by atoms with Crippen molar-refractivity contribution in [2.24, 2.45) is 5.84 Å². The number of nitrogens with two attached hydrogens (primary N) is 1. The average Bonchev–Trinajstić information content (AvgIpc) is 2.45. The second kappa shape index (κ2) is 10.1. The first kappa shape index (κ1) is 18.2. The van der Waals surface area contributed by atoms with E-state index >= 15 is 0 Å². The third-order valence-electron chi connectivity index (χ3n) is 2.24. The molecular formula is C12H17Cl2N5O. The van der Waals surface area contributed by atoms with E-state index in [4.69, 9.17) is 10.6 Å². The van der Waals surface area contributed by atoms with E-state index in [1.807, 2.05) is 30.3 Å². The molecule has 0 aliphatic rings. The second-order valence-corrected chi connectivity index (χ2v) is 3.54. The van der Waals surface area contributed by atoms with Gasteiger partial charge in [-0.05, 0) is 18.2 Å². The van der Waals surface area contributed by atoms with E-state index < -0.39 is 0 Å². The molecule has 0 saturated heterocycles. The number of anilines is 2. The Hall–Kier alpha value is -1.76. The fourth-order valence-corrected chi connectivity index (χ4v) is 1.38. The van der Waals surface area contributed by atoms with Crippen molar-refractivity contribution in [2.45, 2.75) is 0 Å². The van der Waals surface area contributed by atoms with Crippen LogP contribution in [0.4, 0.5) is 11.5 Å². The average molecular weight is 318 g/mol. The molecule has 1 aromatic carbocycles. The van der Waals surface area contributed by atoms with E-state index in [1.54, 1.807) is 12.1 Å². The Morgan fingerprint density at radius 2 is 1.75 bits per heavy atom. The first-order valence-electron chi connectivity index (χ1n) is 5.60. The molecule has 20 heavy (non-hydrogen) atoms. The summed E-state index contributed by atoms with van der Waals surface area (Å²) in [6.45, 7) is 1.21. The second-order valence-electron chi connectivity index (χ2n) is 3.54. The van der Waals surface area contributed by atoms with Crippen molar-refractivity contribution in [2.75, 3.05) is 23.9 Å². The van der Waals surface area contributed by atoms with Crippen LogP contribution < -0.4 is 21.3 Å². The number of benzene rings is 1. The Morgan fingerprint density at radius 3 is 2.35 bits per heavy atom. The number of hydrogen-bond acceptors (Lipinski definition) is 6. The number of rotatable bonds is 6. The minimum absolute atomic E-state index is 0. The number of ether oxygens (including phenoxy) is 1. The van der Waals surface area contributed by atoms with Crippen LogP contribution in [-0.4, -0.2) is 23.3 Å². The van der Waals surface area contributed by atoms with Gasteiger partial charge < -0.3 is 15.5 Å². The lowest BCUT2D eigenvalue weighted by molar-refractivity contribution is 0.316. The summed E-state index contributed by atoms with van der Waals surface area (Å²) >= 11 is 0. The predicted molar refractivity (Wildman–Crippen MR) is 84.8 cm³/mol. The summed E-state index contributed by atoms with van der Waals surface area (Å²) in [5.74, 6) is 6.16. The topological polar surface area (TPSA) is 85.1 Å². The number of nitrogens with one attached hydrogen (secondary N) is 2. The maximum absolute atomic E-state index is 5.42. The van der Waals surface area contributed by atoms with E-state index in [1.165, 1.54) is 0 Å². The van der Waals surface area contributed by atoms with Crippen LogP contribution in [-0.2, 0) is 0 Å². The molecule has 1 aromatic heterocycles. The van der Waals surface area contributed by atoms with Crippen molar-refractivity contribution >= 4 is 36.3 Å². The maximum Gasteiger partial charge on any atom is 0.233 e. The molecule has 2 aromatic rings. The van der Waals surface area contributed by atoms with Gasteiger partial charge in [-0.15, -0.1) is 35.0 Å². The zero-order valence-electron chi connectivity index (χ0n) is 10.7. The van der Waals surface area contributed by atoms with Crippen LogP contribution in [0, 0.1) is 0 Å². The van der Waals surface area contributed by atoms with E-state index in [9.17, 15) is 0 Å². The van der Waals surface area contributed by atoms with Crippen LogP contribution in [0.2, 0.25) is 0 Å². The molecule has 0 radical (unpaired) electrons. The Labute approximate surface area is 129 Å². The first-order valence-corrected chi connectivity index (χ1v) is 5.60. The molecule has 0 atom stereocenters. The third-order valence-corrected chi connectivity index (χ3v) is 2.24. The van der Waals surface area contributed by atoms with E-state index in [0.717, 1.165) is 5.69 Å². The van der Waals surface area contributed by atoms with E-state index in [0.29, 0.717) is 24.8 Å². The summed E-state index contributed by atoms with van der Waals surface area (Å²) in [5, 5.41) is 10.9. The Bertz CT molecular complexity index is 469. The zero-order valence-corrected chi connectivity index (χ0v) is 12.3. The van der Waals surface area contributed by atoms with Crippen LogP contribution in [0.25, 0.3) is 0 Å². The first-order chi connectivity index (χ1) is 8.88. The molecule has 8 heteroatoms. The normalized spacial score (nSPS) is 8.85. The summed E-state index contributed by atoms with van der Waals surface area (Å²) in [5.41, 5.74) is 3.47. The quantitative estimate of drug-likeness (QED) is 0.430. The smallest absolute Gasteiger partial charge is 0.233 e. The number of para-hydroxylation sites is 1. The van der Waals surface area contributed by atoms with Crippen molar-refractivity contribution < 1.29 is 4.74 Å². The number of aromatic nitrogens is 2. The maximum atomic E-state index is 5.42. The van der Waals surface area contributed by atoms with Gasteiger partial charge >= 0.3 is 0 Å². The Balaban J connectivity index is 0.00000180. The molecule has 0 amide bonds. The van der Waals surface area contributed by atoms with Gasteiger partial charge in [0.1, 0.15) is 6.61 Å². The van der Waals surface area contributed by atoms with Crippen molar-refractivity contribution in [3.05, 3.63) is 42.5 Å². The fourth-order valence-electron chi connectivity index (χ4n) is 1.38. The lowest BCUT2D eigenvalue weighted by atomic mass is 10.3. The number of hydrogen-bond donors (Lipinski definition) is 3. The molecule has 6 nitrogen and oxygen atoms in total. The number of nitrogen functional groups attached to an aromatic ring is 1. The highest BCUT2D eigenvalue weighted by molar-refractivity contribution is 5.85. The van der Waals surface area contributed by atoms with Gasteiger partial charge in [0.15, 0.2) is 5.82 Å². The van der Waals surface area contributed by atoms with Gasteiger partial charge in [0, 0.05) is 18.3 Å². The zero-order chi connectivity index (χ0) is 12.6. The SMILES string of the molecule is Cl.Cl.NNc1ccc(OCCNc2ccccc2)nn1. The minimum Gasteiger partial charge on any atom is -0.475 e. The molecular weight excluding hydrogens is 301 g/mol. The van der Waals surface area contributed by atoms with Gasteiger partial charge in [-0.25, -0.2) is 5.84 Å². The summed E-state index contributed by atoms with van der Waals surface area (Å²) in [4.78, 5) is 0. The molecule has 0 aliphatic heterocycles. The van der Waals surface area contributed by atoms with Gasteiger partial charge in [-0.2, -0.15) is 0 Å². The minimum atomic E-state index is 0. The number of halogens is 2. The highest BCUT2D eigenvalue weighted by atomic mass is 35.5. The number of hydrazine groups is 1. The van der Waals surface area contributed by atoms with Gasteiger partial charge in [-0.3, -0.25) is 0 Å². The van der Waals surface area contributed by atoms with Gasteiger partial charge in [0.05, 0.1) is 0 Å². The van der Waals surface area contributed by atoms with Crippen LogP contribution in [0.15, 0.2) is 42.5 Å². The largest absolute Gasteiger partial charge is 0.475 e. The predicted octanol–water partition coefficient (Wildman–Crippen LogP) is 2.10. The van der Waals surface area contributed by atoms with E-state index in [-0.39, 0.29) is 24.8 Å². The molecule has 0 bridgehead atoms. The van der Waals surface area contributed by atoms with Crippen LogP contribution in [0.3, 0.4) is 0 Å². The molecule has 0 aliphatic carbocycles. The lowest BCUT2D eigenvalue weighted by Gasteiger charge is -2.07. The highest BCUT2D eigenvalue weighted by Gasteiger charge is 1.97. The fraction of sp³-hybridized carbons (Fsp3) is 0.167. The van der Waals surface area contributed by atoms with Crippen molar-refractivity contribution in [1.29, 1.82) is 0 Å². The van der Waals surface area contributed by atoms with Crippen molar-refractivity contribution in [1.82, 2.24) is 10.2 Å². The summed E-state index contributed by atoms with van der Waals surface area (Å²) in [7, 11) is 0. The highest BCUT2D eigenvalue weighted by Crippen LogP contribution is 2.07. The van der Waals surface area contributed by atoms with Crippen molar-refractivity contribution in [3.8, 4) is 5.88 Å². The van der Waals surface area contributed by atoms with Gasteiger partial charge in [0.25, 0.3) is 0 Å². The van der Waals surface area contributed by atoms with Crippen LogP contribution in [0.1, 0.15) is 0 Å². The van der Waals surface area contributed by atoms with E-state index in [2.05, 4.69) is 20.9 Å². The van der Waals surface area contributed by atoms with Gasteiger partial charge in [0.2, 0.25) is 5.88 Å². The molecule has 0 unspecified atom stereocenters. The van der Waals surface area contributed by atoms with Gasteiger partial charge in [-0.1, -0.05) is 18.2 Å². The molecule has 0 fully saturated rings. The van der Waals surface area contributed by atoms with Crippen LogP contribution in [0.5, 0.6) is 5.88 Å². The third kappa shape index (κ3) is 5.92. The molecule has 110 valence electrons. The molecule has 2 rings (SSSR count). The molecule has 0 saturated carbocycles. The van der Waals surface area contributed by atoms with Crippen molar-refractivity contribution in [3.63, 3.8) is 0 Å². The summed E-state index contributed by atoms with van der Waals surface area (Å²) < 4.78 is 5.42. The molecule has 1 heterocycles. The monoisotopic (exact) mass is 317 g/mol. The Morgan fingerprint density at radius 1 is 1.00 bits per heavy atom. The number of nitrogens with zero attached hydrogens (tertiary/aromatic N) is 2. The lowest BCUT2D eigenvalue weighted by Crippen LogP contribution is -2.13. The summed E-state index contributed by atoms with van der Waals surface area (Å²) in [6, 6.07) is 13.4. The standard InChI is InChI=1S/C12H15N5O.2ClH/c13-15-11-6-7-12(17-16-11)18-9-8-14-10-4-2-1-3-5-10;;/h1-7,14H,8-9,13H2,(H,15,16);2*1H. The van der Waals surface area contributed by atoms with Crippen LogP contribution >= 0.6 is 24.8 Å². The molecule has 0 spiro atoms. The molecule has 4 N–H and O–H groups in total. The summed E-state index contributed by atoms with van der Waals surface area (Å²) in [6.07, 6.45) is 0. The Kier molecular flexibility index (Phi) is 9.19.